The van der Waals surface area contributed by atoms with Crippen LogP contribution in [0.2, 0.25) is 0 Å². The van der Waals surface area contributed by atoms with Gasteiger partial charge in [0.15, 0.2) is 6.10 Å². The van der Waals surface area contributed by atoms with E-state index in [0.29, 0.717) is 0 Å². The van der Waals surface area contributed by atoms with Gasteiger partial charge in [0.1, 0.15) is 6.04 Å². The van der Waals surface area contributed by atoms with Crippen LogP contribution in [0.25, 0.3) is 0 Å². The number of aliphatic hydroxyl groups is 1. The van der Waals surface area contributed by atoms with E-state index in [0.717, 1.165) is 11.8 Å². The van der Waals surface area contributed by atoms with E-state index in [1.807, 2.05) is 0 Å². The van der Waals surface area contributed by atoms with Crippen molar-refractivity contribution >= 4 is 17.7 Å². The van der Waals surface area contributed by atoms with Crippen molar-refractivity contribution in [3.63, 3.8) is 0 Å². The summed E-state index contributed by atoms with van der Waals surface area (Å²) in [5.74, 6) is -0.768. The Balaban J connectivity index is 3.68. The first-order valence-electron chi connectivity index (χ1n) is 5.03. The van der Waals surface area contributed by atoms with E-state index in [4.69, 9.17) is 10.8 Å². The third-order valence-corrected chi connectivity index (χ3v) is 2.89. The third kappa shape index (κ3) is 7.45. The smallest absolute Gasteiger partial charge is 0.415 e. The number of esters is 1. The topological polar surface area (TPSA) is 72.5 Å². The minimum absolute atomic E-state index is 0.215. The van der Waals surface area contributed by atoms with Crippen molar-refractivity contribution in [3.05, 3.63) is 0 Å². The van der Waals surface area contributed by atoms with E-state index < -0.39 is 30.0 Å². The normalized spacial score (nSPS) is 15.4. The summed E-state index contributed by atoms with van der Waals surface area (Å²) in [6.07, 6.45) is -6.73. The molecule has 102 valence electrons. The lowest BCUT2D eigenvalue weighted by Gasteiger charge is -2.14. The minimum Gasteiger partial charge on any atom is -0.465 e. The van der Waals surface area contributed by atoms with Crippen molar-refractivity contribution in [3.8, 4) is 0 Å². The summed E-state index contributed by atoms with van der Waals surface area (Å²) < 4.78 is 40.3. The number of thioether (sulfide) groups is 1. The first-order chi connectivity index (χ1) is 7.79. The highest BCUT2D eigenvalue weighted by atomic mass is 32.2. The Morgan fingerprint density at radius 1 is 1.53 bits per heavy atom. The zero-order valence-electron chi connectivity index (χ0n) is 9.37. The molecule has 0 fully saturated rings. The number of carbonyl (C=O) groups excluding carboxylic acids is 1. The molecule has 2 atom stereocenters. The number of halogens is 3. The van der Waals surface area contributed by atoms with Crippen LogP contribution < -0.4 is 5.73 Å². The molecule has 0 heterocycles. The molecule has 0 rings (SSSR count). The molecule has 0 radical (unpaired) electrons. The van der Waals surface area contributed by atoms with Gasteiger partial charge in [0.25, 0.3) is 0 Å². The Hall–Kier alpha value is -0.470. The fourth-order valence-corrected chi connectivity index (χ4v) is 1.87. The molecule has 0 bridgehead atoms. The van der Waals surface area contributed by atoms with Crippen LogP contribution in [0.1, 0.15) is 13.3 Å². The molecule has 2 unspecified atom stereocenters. The molecule has 0 saturated carbocycles. The quantitative estimate of drug-likeness (QED) is 0.534. The number of alkyl halides is 3. The predicted octanol–water partition coefficient (Wildman–Crippen LogP) is 0.923. The Bertz CT molecular complexity index is 238. The molecule has 0 aliphatic rings. The molecule has 0 aromatic carbocycles. The largest absolute Gasteiger partial charge is 0.465 e. The van der Waals surface area contributed by atoms with Gasteiger partial charge in [-0.15, -0.1) is 0 Å². The van der Waals surface area contributed by atoms with Gasteiger partial charge in [-0.3, -0.25) is 4.79 Å². The lowest BCUT2D eigenvalue weighted by Crippen LogP contribution is -2.33. The second-order valence-electron chi connectivity index (χ2n) is 3.28. The van der Waals surface area contributed by atoms with Crippen LogP contribution in [0.3, 0.4) is 0 Å². The van der Waals surface area contributed by atoms with Gasteiger partial charge in [0.05, 0.1) is 6.61 Å². The molecule has 8 heteroatoms. The second kappa shape index (κ2) is 7.78. The molecule has 0 spiro atoms. The molecular formula is C9H16F3NO3S. The summed E-state index contributed by atoms with van der Waals surface area (Å²) in [6, 6.07) is -0.828. The van der Waals surface area contributed by atoms with Gasteiger partial charge >= 0.3 is 12.1 Å². The zero-order chi connectivity index (χ0) is 13.5. The summed E-state index contributed by atoms with van der Waals surface area (Å²) in [5.41, 5.74) is 5.43. The van der Waals surface area contributed by atoms with Crippen molar-refractivity contribution in [1.29, 1.82) is 0 Å². The highest BCUT2D eigenvalue weighted by Gasteiger charge is 2.37. The SMILES string of the molecule is CCOC(=O)C(N)CCSCC(O)C(F)(F)F. The van der Waals surface area contributed by atoms with Crippen LogP contribution in [0.15, 0.2) is 0 Å². The van der Waals surface area contributed by atoms with Gasteiger partial charge in [0, 0.05) is 5.75 Å². The number of aliphatic hydroxyl groups excluding tert-OH is 1. The van der Waals surface area contributed by atoms with Gasteiger partial charge in [-0.05, 0) is 19.1 Å². The fraction of sp³-hybridized carbons (Fsp3) is 0.889. The lowest BCUT2D eigenvalue weighted by molar-refractivity contribution is -0.195. The Kier molecular flexibility index (Phi) is 7.56. The highest BCUT2D eigenvalue weighted by molar-refractivity contribution is 7.99. The maximum atomic E-state index is 11.9. The number of rotatable bonds is 7. The van der Waals surface area contributed by atoms with Crippen molar-refractivity contribution < 1.29 is 27.8 Å². The lowest BCUT2D eigenvalue weighted by atomic mass is 10.2. The molecule has 3 N–H and O–H groups in total. The summed E-state index contributed by atoms with van der Waals surface area (Å²) in [5, 5.41) is 8.68. The van der Waals surface area contributed by atoms with E-state index in [1.165, 1.54) is 0 Å². The van der Waals surface area contributed by atoms with Gasteiger partial charge in [0.2, 0.25) is 0 Å². The molecule has 4 nitrogen and oxygen atoms in total. The van der Waals surface area contributed by atoms with Crippen LogP contribution in [0.5, 0.6) is 0 Å². The first-order valence-corrected chi connectivity index (χ1v) is 6.19. The van der Waals surface area contributed by atoms with Crippen LogP contribution in [-0.4, -0.2) is 47.5 Å². The van der Waals surface area contributed by atoms with Crippen LogP contribution in [0, 0.1) is 0 Å². The zero-order valence-corrected chi connectivity index (χ0v) is 10.2. The average molecular weight is 275 g/mol. The molecule has 0 saturated heterocycles. The number of hydrogen-bond acceptors (Lipinski definition) is 5. The maximum Gasteiger partial charge on any atom is 0.415 e. The fourth-order valence-electron chi connectivity index (χ4n) is 0.867. The standard InChI is InChI=1S/C9H16F3NO3S/c1-2-16-8(15)6(13)3-4-17-5-7(14)9(10,11)12/h6-7,14H,2-5,13H2,1H3. The van der Waals surface area contributed by atoms with E-state index in [1.54, 1.807) is 6.92 Å². The van der Waals surface area contributed by atoms with Gasteiger partial charge < -0.3 is 15.6 Å². The van der Waals surface area contributed by atoms with E-state index in [2.05, 4.69) is 4.74 Å². The number of nitrogens with two attached hydrogens (primary N) is 1. The second-order valence-corrected chi connectivity index (χ2v) is 4.43. The van der Waals surface area contributed by atoms with E-state index >= 15 is 0 Å². The molecule has 0 aromatic rings. The average Bonchev–Trinajstić information content (AvgIpc) is 2.22. The first kappa shape index (κ1) is 16.5. The number of carbonyl (C=O) groups is 1. The molecule has 17 heavy (non-hydrogen) atoms. The molecule has 0 aliphatic heterocycles. The minimum atomic E-state index is -4.60. The van der Waals surface area contributed by atoms with Gasteiger partial charge in [-0.25, -0.2) is 0 Å². The molecular weight excluding hydrogens is 259 g/mol. The number of ether oxygens (including phenoxy) is 1. The molecule has 0 amide bonds. The maximum absolute atomic E-state index is 11.9. The van der Waals surface area contributed by atoms with Gasteiger partial charge in [-0.1, -0.05) is 0 Å². The third-order valence-electron chi connectivity index (χ3n) is 1.82. The summed E-state index contributed by atoms with van der Waals surface area (Å²) in [6.45, 7) is 1.85. The highest BCUT2D eigenvalue weighted by Crippen LogP contribution is 2.23. The summed E-state index contributed by atoms with van der Waals surface area (Å²) in [7, 11) is 0. The van der Waals surface area contributed by atoms with E-state index in [9.17, 15) is 18.0 Å². The van der Waals surface area contributed by atoms with E-state index in [-0.39, 0.29) is 18.8 Å². The van der Waals surface area contributed by atoms with Crippen LogP contribution in [0.4, 0.5) is 13.2 Å². The Labute approximate surface area is 102 Å². The summed E-state index contributed by atoms with van der Waals surface area (Å²) in [4.78, 5) is 11.0. The monoisotopic (exact) mass is 275 g/mol. The van der Waals surface area contributed by atoms with Crippen LogP contribution >= 0.6 is 11.8 Å². The predicted molar refractivity (Wildman–Crippen MR) is 58.6 cm³/mol. The van der Waals surface area contributed by atoms with Crippen molar-refractivity contribution in [1.82, 2.24) is 0 Å². The molecule has 0 aliphatic carbocycles. The van der Waals surface area contributed by atoms with Crippen LogP contribution in [-0.2, 0) is 9.53 Å². The summed E-state index contributed by atoms with van der Waals surface area (Å²) >= 11 is 0.894. The van der Waals surface area contributed by atoms with Crippen molar-refractivity contribution in [2.45, 2.75) is 31.7 Å². The number of hydrogen-bond donors (Lipinski definition) is 2. The Morgan fingerprint density at radius 3 is 2.59 bits per heavy atom. The Morgan fingerprint density at radius 2 is 2.12 bits per heavy atom. The van der Waals surface area contributed by atoms with Crippen molar-refractivity contribution in [2.24, 2.45) is 5.73 Å². The van der Waals surface area contributed by atoms with Gasteiger partial charge in [-0.2, -0.15) is 24.9 Å². The molecule has 0 aromatic heterocycles. The van der Waals surface area contributed by atoms with Crippen molar-refractivity contribution in [2.75, 3.05) is 18.1 Å².